The lowest BCUT2D eigenvalue weighted by molar-refractivity contribution is -0.137. The van der Waals surface area contributed by atoms with E-state index in [0.29, 0.717) is 19.3 Å². The second kappa shape index (κ2) is 19.4. The van der Waals surface area contributed by atoms with Gasteiger partial charge in [-0.3, -0.25) is 43.3 Å². The summed E-state index contributed by atoms with van der Waals surface area (Å²) in [6.45, 7) is 2.09. The molecule has 7 N–H and O–H groups in total. The van der Waals surface area contributed by atoms with Crippen LogP contribution in [0.25, 0.3) is 0 Å². The first-order valence-corrected chi connectivity index (χ1v) is 15.1. The van der Waals surface area contributed by atoms with E-state index in [0.717, 1.165) is 10.5 Å². The number of nitrogens with one attached hydrogen (secondary N) is 5. The van der Waals surface area contributed by atoms with Crippen molar-refractivity contribution in [3.05, 3.63) is 48.0 Å². The monoisotopic (exact) mass is 657 g/mol. The van der Waals surface area contributed by atoms with Crippen LogP contribution in [0.1, 0.15) is 51.5 Å². The highest BCUT2D eigenvalue weighted by Gasteiger charge is 2.24. The van der Waals surface area contributed by atoms with E-state index in [9.17, 15) is 38.4 Å². The van der Waals surface area contributed by atoms with E-state index in [1.54, 1.807) is 44.2 Å². The van der Waals surface area contributed by atoms with Gasteiger partial charge in [-0.1, -0.05) is 36.8 Å². The Morgan fingerprint density at radius 2 is 1.38 bits per heavy atom. The molecule has 0 unspecified atom stereocenters. The van der Waals surface area contributed by atoms with Crippen molar-refractivity contribution in [3.8, 4) is 0 Å². The summed E-state index contributed by atoms with van der Waals surface area (Å²) in [5.74, 6) is -4.12. The number of hydrogen-bond donors (Lipinski definition) is 6. The van der Waals surface area contributed by atoms with E-state index in [2.05, 4.69) is 26.6 Å². The molecule has 1 heterocycles. The Bertz CT molecular complexity index is 1310. The normalized spacial score (nSPS) is 13.1. The smallest absolute Gasteiger partial charge is 0.253 e. The molecule has 2 rings (SSSR count). The van der Waals surface area contributed by atoms with E-state index in [4.69, 9.17) is 10.5 Å². The van der Waals surface area contributed by atoms with Gasteiger partial charge in [0.1, 0.15) is 12.8 Å². The predicted molar refractivity (Wildman–Crippen MR) is 167 cm³/mol. The van der Waals surface area contributed by atoms with Gasteiger partial charge in [0, 0.05) is 31.5 Å². The Morgan fingerprint density at radius 1 is 0.787 bits per heavy atom. The van der Waals surface area contributed by atoms with Crippen LogP contribution in [0.4, 0.5) is 0 Å². The van der Waals surface area contributed by atoms with Crippen molar-refractivity contribution in [1.82, 2.24) is 31.5 Å². The molecule has 0 radical (unpaired) electrons. The molecule has 1 aliphatic heterocycles. The van der Waals surface area contributed by atoms with Crippen molar-refractivity contribution in [1.29, 1.82) is 0 Å². The number of nitrogens with zero attached hydrogens (tertiary/aromatic N) is 1. The molecule has 16 nitrogen and oxygen atoms in total. The van der Waals surface area contributed by atoms with Gasteiger partial charge in [-0.25, -0.2) is 0 Å². The molecule has 1 aliphatic rings. The summed E-state index contributed by atoms with van der Waals surface area (Å²) in [6, 6.07) is 7.79. The van der Waals surface area contributed by atoms with E-state index in [-0.39, 0.29) is 56.8 Å². The number of unbranched alkanes of at least 4 members (excludes halogenated alkanes) is 2. The van der Waals surface area contributed by atoms with Crippen LogP contribution in [0.5, 0.6) is 0 Å². The number of amides is 8. The Hall–Kier alpha value is -5.12. The molecular formula is C31H43N7O9. The zero-order valence-electron chi connectivity index (χ0n) is 26.6. The number of hydrogen-bond acceptors (Lipinski definition) is 9. The number of imide groups is 1. The molecule has 1 aromatic rings. The Morgan fingerprint density at radius 3 is 2.04 bits per heavy atom. The first-order valence-electron chi connectivity index (χ1n) is 15.1. The molecule has 0 saturated heterocycles. The van der Waals surface area contributed by atoms with Gasteiger partial charge in [-0.05, 0) is 32.3 Å². The highest BCUT2D eigenvalue weighted by Crippen LogP contribution is 2.12. The molecule has 0 aromatic heterocycles. The molecule has 0 fully saturated rings. The molecule has 0 saturated carbocycles. The van der Waals surface area contributed by atoms with Gasteiger partial charge in [0.2, 0.25) is 35.4 Å². The lowest BCUT2D eigenvalue weighted by atomic mass is 10.1. The average Bonchev–Trinajstić information content (AvgIpc) is 3.33. The fourth-order valence-electron chi connectivity index (χ4n) is 4.33. The third kappa shape index (κ3) is 15.6. The van der Waals surface area contributed by atoms with Crippen LogP contribution in [0.3, 0.4) is 0 Å². The zero-order chi connectivity index (χ0) is 34.8. The lowest BCUT2D eigenvalue weighted by Gasteiger charge is -2.24. The standard InChI is InChI=1S/C31H43N7O9/c1-31(2,16-23(32)39)47-20-36-26(42)18-35-30(46)22(15-21-9-5-3-6-10-21)37-27(43)19-34-25(41)17-33-24(40)11-7-4-8-14-38-28(44)12-13-29(38)45/h3,5-6,9-10,12-13,22H,4,7-8,11,14-20H2,1-2H3,(H2,32,39)(H,33,40)(H,34,41)(H,35,46)(H,36,42)(H,37,43)/t22-/m0/s1. The van der Waals surface area contributed by atoms with Crippen LogP contribution in [0, 0.1) is 0 Å². The topological polar surface area (TPSA) is 235 Å². The third-order valence-corrected chi connectivity index (χ3v) is 6.77. The lowest BCUT2D eigenvalue weighted by Crippen LogP contribution is -2.52. The summed E-state index contributed by atoms with van der Waals surface area (Å²) in [4.78, 5) is 97.3. The summed E-state index contributed by atoms with van der Waals surface area (Å²) >= 11 is 0. The SMILES string of the molecule is CC(C)(CC(N)=O)OCNC(=O)CNC(=O)[C@H](Cc1ccccc1)NC(=O)CNC(=O)CNC(=O)CCCCCN1C(=O)C=CC1=O. The fourth-order valence-corrected chi connectivity index (χ4v) is 4.33. The molecular weight excluding hydrogens is 614 g/mol. The Labute approximate surface area is 272 Å². The minimum absolute atomic E-state index is 0.0513. The molecule has 0 bridgehead atoms. The second-order valence-electron chi connectivity index (χ2n) is 11.3. The second-order valence-corrected chi connectivity index (χ2v) is 11.3. The summed E-state index contributed by atoms with van der Waals surface area (Å²) in [6.07, 6.45) is 4.27. The summed E-state index contributed by atoms with van der Waals surface area (Å²) in [7, 11) is 0. The number of carbonyl (C=O) groups is 8. The van der Waals surface area contributed by atoms with Crippen molar-refractivity contribution < 1.29 is 43.1 Å². The number of ether oxygens (including phenoxy) is 1. The van der Waals surface area contributed by atoms with Gasteiger partial charge in [0.05, 0.1) is 31.7 Å². The summed E-state index contributed by atoms with van der Waals surface area (Å²) in [5, 5.41) is 12.3. The van der Waals surface area contributed by atoms with Crippen molar-refractivity contribution in [2.45, 2.75) is 64.0 Å². The van der Waals surface area contributed by atoms with E-state index < -0.39 is 54.3 Å². The maximum Gasteiger partial charge on any atom is 0.253 e. The highest BCUT2D eigenvalue weighted by atomic mass is 16.5. The van der Waals surface area contributed by atoms with Crippen molar-refractivity contribution in [3.63, 3.8) is 0 Å². The van der Waals surface area contributed by atoms with Crippen molar-refractivity contribution in [2.75, 3.05) is 32.9 Å². The van der Waals surface area contributed by atoms with Gasteiger partial charge in [0.15, 0.2) is 0 Å². The van der Waals surface area contributed by atoms with Crippen LogP contribution in [0.2, 0.25) is 0 Å². The Kier molecular flexibility index (Phi) is 15.7. The number of primary amides is 1. The van der Waals surface area contributed by atoms with Gasteiger partial charge in [0.25, 0.3) is 11.8 Å². The number of carbonyl (C=O) groups excluding carboxylic acids is 8. The average molecular weight is 658 g/mol. The Balaban J connectivity index is 1.72. The molecule has 47 heavy (non-hydrogen) atoms. The highest BCUT2D eigenvalue weighted by molar-refractivity contribution is 6.12. The molecule has 8 amide bonds. The first-order chi connectivity index (χ1) is 22.3. The minimum atomic E-state index is -1.07. The number of benzene rings is 1. The third-order valence-electron chi connectivity index (χ3n) is 6.77. The quantitative estimate of drug-likeness (QED) is 0.0501. The summed E-state index contributed by atoms with van der Waals surface area (Å²) < 4.78 is 5.44. The molecule has 1 aromatic carbocycles. The van der Waals surface area contributed by atoms with Gasteiger partial charge in [-0.2, -0.15) is 0 Å². The molecule has 0 aliphatic carbocycles. The van der Waals surface area contributed by atoms with Crippen LogP contribution in [-0.2, 0) is 49.5 Å². The fraction of sp³-hybridized carbons (Fsp3) is 0.484. The van der Waals surface area contributed by atoms with E-state index in [1.807, 2.05) is 0 Å². The van der Waals surface area contributed by atoms with Crippen molar-refractivity contribution >= 4 is 47.3 Å². The maximum atomic E-state index is 12.9. The van der Waals surface area contributed by atoms with E-state index in [1.165, 1.54) is 12.2 Å². The van der Waals surface area contributed by atoms with Gasteiger partial charge in [-0.15, -0.1) is 0 Å². The number of nitrogens with two attached hydrogens (primary N) is 1. The summed E-state index contributed by atoms with van der Waals surface area (Å²) in [5.41, 5.74) is 5.02. The van der Waals surface area contributed by atoms with Crippen LogP contribution >= 0.6 is 0 Å². The maximum absolute atomic E-state index is 12.9. The predicted octanol–water partition coefficient (Wildman–Crippen LogP) is -1.71. The largest absolute Gasteiger partial charge is 0.370 e. The first kappa shape index (κ1) is 38.1. The van der Waals surface area contributed by atoms with E-state index >= 15 is 0 Å². The van der Waals surface area contributed by atoms with Crippen molar-refractivity contribution in [2.24, 2.45) is 5.73 Å². The van der Waals surface area contributed by atoms with Crippen LogP contribution in [-0.4, -0.2) is 96.7 Å². The van der Waals surface area contributed by atoms with Crippen LogP contribution in [0.15, 0.2) is 42.5 Å². The molecule has 0 spiro atoms. The molecule has 16 heteroatoms. The zero-order valence-corrected chi connectivity index (χ0v) is 26.6. The van der Waals surface area contributed by atoms with Crippen LogP contribution < -0.4 is 32.3 Å². The van der Waals surface area contributed by atoms with Gasteiger partial charge < -0.3 is 37.1 Å². The molecule has 1 atom stereocenters. The number of rotatable bonds is 21. The minimum Gasteiger partial charge on any atom is -0.370 e. The molecule has 256 valence electrons. The van der Waals surface area contributed by atoms with Gasteiger partial charge >= 0.3 is 0 Å².